The molecular formula is C26H38N2O2S2. The number of methoxy groups -OCH3 is 1. The number of anilines is 1. The number of thiocarbonyl (C=S) groups is 1. The number of hydrogen-bond donors (Lipinski definition) is 1. The zero-order valence-corrected chi connectivity index (χ0v) is 21.5. The van der Waals surface area contributed by atoms with Gasteiger partial charge in [0, 0.05) is 24.4 Å². The molecule has 0 bridgehead atoms. The fraction of sp³-hybridized carbons (Fsp3) is 0.538. The molecule has 4 nitrogen and oxygen atoms in total. The number of rotatable bonds is 14. The molecule has 0 fully saturated rings. The quantitative estimate of drug-likeness (QED) is 0.177. The Morgan fingerprint density at radius 1 is 1.00 bits per heavy atom. The van der Waals surface area contributed by atoms with Crippen molar-refractivity contribution >= 4 is 39.6 Å². The lowest BCUT2D eigenvalue weighted by Gasteiger charge is -2.26. The Morgan fingerprint density at radius 2 is 1.62 bits per heavy atom. The maximum absolute atomic E-state index is 12.4. The Labute approximate surface area is 203 Å². The molecule has 0 aliphatic heterocycles. The first-order valence-electron chi connectivity index (χ1n) is 11.9. The fourth-order valence-electron chi connectivity index (χ4n) is 3.63. The summed E-state index contributed by atoms with van der Waals surface area (Å²) in [4.78, 5) is 15.8. The molecule has 0 spiro atoms. The van der Waals surface area contributed by atoms with Crippen molar-refractivity contribution in [1.82, 2.24) is 4.90 Å². The highest BCUT2D eigenvalue weighted by Crippen LogP contribution is 2.31. The molecule has 2 rings (SSSR count). The van der Waals surface area contributed by atoms with E-state index in [4.69, 9.17) is 17.0 Å². The van der Waals surface area contributed by atoms with E-state index < -0.39 is 0 Å². The average molecular weight is 475 g/mol. The van der Waals surface area contributed by atoms with Crippen molar-refractivity contribution in [2.24, 2.45) is 0 Å². The van der Waals surface area contributed by atoms with Gasteiger partial charge in [0.2, 0.25) is 0 Å². The predicted molar refractivity (Wildman–Crippen MR) is 141 cm³/mol. The van der Waals surface area contributed by atoms with Crippen LogP contribution in [0.1, 0.15) is 86.0 Å². The fourth-order valence-corrected chi connectivity index (χ4v) is 5.06. The molecule has 0 unspecified atom stereocenters. The van der Waals surface area contributed by atoms with Crippen LogP contribution < -0.4 is 5.32 Å². The molecule has 0 aliphatic carbocycles. The molecule has 0 aliphatic rings. The molecule has 1 aromatic carbocycles. The predicted octanol–water partition coefficient (Wildman–Crippen LogP) is 7.28. The first-order valence-corrected chi connectivity index (χ1v) is 13.1. The minimum atomic E-state index is -0.330. The molecule has 176 valence electrons. The Bertz CT molecular complexity index is 808. The van der Waals surface area contributed by atoms with Crippen LogP contribution in [0.25, 0.3) is 0 Å². The SMILES string of the molecule is CCCCCCN(CCCCCC)C(=S)Nc1sc(Cc2ccccc2)cc1C(=O)OC. The summed E-state index contributed by atoms with van der Waals surface area (Å²) >= 11 is 7.39. The van der Waals surface area contributed by atoms with Crippen LogP contribution in [0.15, 0.2) is 36.4 Å². The maximum atomic E-state index is 12.4. The van der Waals surface area contributed by atoms with Crippen molar-refractivity contribution in [1.29, 1.82) is 0 Å². The van der Waals surface area contributed by atoms with E-state index in [2.05, 4.69) is 36.2 Å². The van der Waals surface area contributed by atoms with Crippen LogP contribution >= 0.6 is 23.6 Å². The standard InChI is InChI=1S/C26H38N2O2S2/c1-4-6-8-13-17-28(18-14-9-7-5-2)26(31)27-24-23(25(29)30-3)20-22(32-24)19-21-15-11-10-12-16-21/h10-12,15-16,20H,4-9,13-14,17-19H2,1-3H3,(H,27,31). The third-order valence-corrected chi connectivity index (χ3v) is 6.89. The molecule has 2 aromatic rings. The second kappa shape index (κ2) is 15.0. The number of carbonyl (C=O) groups is 1. The first-order chi connectivity index (χ1) is 15.6. The molecule has 32 heavy (non-hydrogen) atoms. The van der Waals surface area contributed by atoms with Gasteiger partial charge in [0.05, 0.1) is 12.7 Å². The van der Waals surface area contributed by atoms with Crippen LogP contribution in [0.2, 0.25) is 0 Å². The molecular weight excluding hydrogens is 436 g/mol. The van der Waals surface area contributed by atoms with Crippen LogP contribution in [0.3, 0.4) is 0 Å². The largest absolute Gasteiger partial charge is 0.465 e. The summed E-state index contributed by atoms with van der Waals surface area (Å²) in [7, 11) is 1.42. The van der Waals surface area contributed by atoms with Gasteiger partial charge in [-0.1, -0.05) is 82.7 Å². The van der Waals surface area contributed by atoms with Crippen LogP contribution in [0.5, 0.6) is 0 Å². The Kier molecular flexibility index (Phi) is 12.4. The van der Waals surface area contributed by atoms with Crippen LogP contribution in [0.4, 0.5) is 5.00 Å². The third kappa shape index (κ3) is 8.91. The van der Waals surface area contributed by atoms with Crippen molar-refractivity contribution in [2.75, 3.05) is 25.5 Å². The van der Waals surface area contributed by atoms with E-state index in [1.54, 1.807) is 11.3 Å². The topological polar surface area (TPSA) is 41.6 Å². The molecule has 0 radical (unpaired) electrons. The van der Waals surface area contributed by atoms with Gasteiger partial charge in [-0.05, 0) is 36.7 Å². The first kappa shape index (κ1) is 26.3. The summed E-state index contributed by atoms with van der Waals surface area (Å²) in [5.74, 6) is -0.330. The molecule has 1 heterocycles. The molecule has 0 atom stereocenters. The van der Waals surface area contributed by atoms with E-state index in [1.807, 2.05) is 24.3 Å². The average Bonchev–Trinajstić information content (AvgIpc) is 3.19. The van der Waals surface area contributed by atoms with Gasteiger partial charge < -0.3 is 15.0 Å². The van der Waals surface area contributed by atoms with Crippen LogP contribution in [0, 0.1) is 0 Å². The zero-order valence-electron chi connectivity index (χ0n) is 19.8. The van der Waals surface area contributed by atoms with Gasteiger partial charge in [-0.15, -0.1) is 11.3 Å². The normalized spacial score (nSPS) is 10.7. The van der Waals surface area contributed by atoms with Crippen molar-refractivity contribution in [3.8, 4) is 0 Å². The number of unbranched alkanes of at least 4 members (excludes halogenated alkanes) is 6. The van der Waals surface area contributed by atoms with Crippen LogP contribution in [-0.4, -0.2) is 36.2 Å². The summed E-state index contributed by atoms with van der Waals surface area (Å²) < 4.78 is 5.04. The Hall–Kier alpha value is -1.92. The second-order valence-electron chi connectivity index (χ2n) is 8.15. The number of nitrogens with one attached hydrogen (secondary N) is 1. The van der Waals surface area contributed by atoms with Gasteiger partial charge in [0.15, 0.2) is 5.11 Å². The minimum Gasteiger partial charge on any atom is -0.465 e. The molecule has 6 heteroatoms. The zero-order chi connectivity index (χ0) is 23.2. The van der Waals surface area contributed by atoms with Gasteiger partial charge in [-0.2, -0.15) is 0 Å². The van der Waals surface area contributed by atoms with E-state index in [1.165, 1.54) is 51.2 Å². The highest BCUT2D eigenvalue weighted by molar-refractivity contribution is 7.80. The number of nitrogens with zero attached hydrogens (tertiary/aromatic N) is 1. The van der Waals surface area contributed by atoms with Gasteiger partial charge in [-0.3, -0.25) is 0 Å². The number of ether oxygens (including phenoxy) is 1. The summed E-state index contributed by atoms with van der Waals surface area (Å²) in [5.41, 5.74) is 1.77. The van der Waals surface area contributed by atoms with Gasteiger partial charge in [0.1, 0.15) is 5.00 Å². The van der Waals surface area contributed by atoms with Crippen molar-refractivity contribution < 1.29 is 9.53 Å². The van der Waals surface area contributed by atoms with E-state index in [9.17, 15) is 4.79 Å². The number of benzene rings is 1. The van der Waals surface area contributed by atoms with E-state index >= 15 is 0 Å². The maximum Gasteiger partial charge on any atom is 0.340 e. The lowest BCUT2D eigenvalue weighted by molar-refractivity contribution is 0.0602. The smallest absolute Gasteiger partial charge is 0.340 e. The second-order valence-corrected chi connectivity index (χ2v) is 9.67. The summed E-state index contributed by atoms with van der Waals surface area (Å²) in [6, 6.07) is 12.2. The summed E-state index contributed by atoms with van der Waals surface area (Å²) in [6.45, 7) is 6.36. The van der Waals surface area contributed by atoms with E-state index in [0.717, 1.165) is 42.2 Å². The molecule has 0 amide bonds. The number of thiophene rings is 1. The highest BCUT2D eigenvalue weighted by Gasteiger charge is 2.19. The third-order valence-electron chi connectivity index (χ3n) is 5.48. The van der Waals surface area contributed by atoms with E-state index in [0.29, 0.717) is 10.7 Å². The Morgan fingerprint density at radius 3 is 2.19 bits per heavy atom. The highest BCUT2D eigenvalue weighted by atomic mass is 32.1. The van der Waals surface area contributed by atoms with Gasteiger partial charge in [-0.25, -0.2) is 4.79 Å². The lowest BCUT2D eigenvalue weighted by Crippen LogP contribution is -2.36. The van der Waals surface area contributed by atoms with Crippen molar-refractivity contribution in [3.63, 3.8) is 0 Å². The van der Waals surface area contributed by atoms with Crippen molar-refractivity contribution in [3.05, 3.63) is 52.4 Å². The summed E-state index contributed by atoms with van der Waals surface area (Å²) in [6.07, 6.45) is 10.4. The number of hydrogen-bond acceptors (Lipinski definition) is 4. The molecule has 0 saturated heterocycles. The molecule has 1 N–H and O–H groups in total. The molecule has 1 aromatic heterocycles. The summed E-state index contributed by atoms with van der Waals surface area (Å²) in [5, 5.41) is 4.87. The minimum absolute atomic E-state index is 0.330. The van der Waals surface area contributed by atoms with Crippen LogP contribution in [-0.2, 0) is 11.2 Å². The van der Waals surface area contributed by atoms with E-state index in [-0.39, 0.29) is 5.97 Å². The monoisotopic (exact) mass is 474 g/mol. The van der Waals surface area contributed by atoms with Gasteiger partial charge in [0.25, 0.3) is 0 Å². The number of esters is 1. The Balaban J connectivity index is 2.11. The number of carbonyl (C=O) groups excluding carboxylic acids is 1. The lowest BCUT2D eigenvalue weighted by atomic mass is 10.1. The van der Waals surface area contributed by atoms with Gasteiger partial charge >= 0.3 is 5.97 Å². The molecule has 0 saturated carbocycles. The van der Waals surface area contributed by atoms with Crippen molar-refractivity contribution in [2.45, 2.75) is 71.6 Å².